The molecule has 0 saturated heterocycles. The van der Waals surface area contributed by atoms with Crippen molar-refractivity contribution in [3.63, 3.8) is 0 Å². The van der Waals surface area contributed by atoms with Gasteiger partial charge in [-0.25, -0.2) is 0 Å². The van der Waals surface area contributed by atoms with Crippen molar-refractivity contribution in [1.82, 2.24) is 9.80 Å². The number of hydrogen-bond donors (Lipinski definition) is 0. The molecule has 0 aromatic heterocycles. The summed E-state index contributed by atoms with van der Waals surface area (Å²) in [5.74, 6) is 0.241. The van der Waals surface area contributed by atoms with E-state index in [0.29, 0.717) is 38.9 Å². The first-order valence-corrected chi connectivity index (χ1v) is 20.3. The fourth-order valence-electron chi connectivity index (χ4n) is 6.31. The lowest BCUT2D eigenvalue weighted by Gasteiger charge is -2.34. The maximum Gasteiger partial charge on any atom is 0.222 e. The predicted octanol–water partition coefficient (Wildman–Crippen LogP) is 11.1. The summed E-state index contributed by atoms with van der Waals surface area (Å²) in [6.45, 7) is 7.12. The molecule has 280 valence electrons. The molecule has 0 aliphatic heterocycles. The monoisotopic (exact) mass is 667 g/mol. The van der Waals surface area contributed by atoms with Gasteiger partial charge in [-0.05, 0) is 25.7 Å². The molecule has 0 unspecified atom stereocenters. The van der Waals surface area contributed by atoms with Crippen molar-refractivity contribution in [1.29, 1.82) is 0 Å². The van der Waals surface area contributed by atoms with Crippen molar-refractivity contribution in [2.45, 2.75) is 194 Å². The minimum absolute atomic E-state index is 0.121. The number of rotatable bonds is 36. The number of hydrogen-bond acceptors (Lipinski definition) is 4. The minimum Gasteiger partial charge on any atom is -0.381 e. The molecule has 2 amide bonds. The van der Waals surface area contributed by atoms with Gasteiger partial charge in [0.15, 0.2) is 0 Å². The molecule has 47 heavy (non-hydrogen) atoms. The first-order valence-electron chi connectivity index (χ1n) is 20.3. The van der Waals surface area contributed by atoms with E-state index < -0.39 is 0 Å². The molecule has 0 rings (SSSR count). The van der Waals surface area contributed by atoms with Gasteiger partial charge >= 0.3 is 0 Å². The number of amides is 2. The van der Waals surface area contributed by atoms with E-state index in [4.69, 9.17) is 9.47 Å². The Morgan fingerprint density at radius 2 is 0.681 bits per heavy atom. The molecule has 0 aliphatic rings. The van der Waals surface area contributed by atoms with Gasteiger partial charge in [0.05, 0.1) is 13.2 Å². The third kappa shape index (κ3) is 29.5. The lowest BCUT2D eigenvalue weighted by Crippen LogP contribution is -2.36. The molecule has 0 radical (unpaired) electrons. The highest BCUT2D eigenvalue weighted by Gasteiger charge is 2.33. The topological polar surface area (TPSA) is 59.1 Å². The first kappa shape index (κ1) is 45.9. The molecule has 0 N–H and O–H groups in total. The van der Waals surface area contributed by atoms with E-state index >= 15 is 0 Å². The second-order valence-electron chi connectivity index (χ2n) is 15.0. The average Bonchev–Trinajstić information content (AvgIpc) is 3.06. The molecule has 0 fully saturated rings. The van der Waals surface area contributed by atoms with Gasteiger partial charge < -0.3 is 19.3 Å². The fraction of sp³-hybridized carbons (Fsp3) is 0.951. The van der Waals surface area contributed by atoms with Crippen LogP contribution in [0.15, 0.2) is 0 Å². The van der Waals surface area contributed by atoms with Crippen molar-refractivity contribution < 1.29 is 19.1 Å². The minimum atomic E-state index is -0.328. The van der Waals surface area contributed by atoms with Crippen LogP contribution in [0, 0.1) is 5.41 Å². The molecule has 6 nitrogen and oxygen atoms in total. The summed E-state index contributed by atoms with van der Waals surface area (Å²) < 4.78 is 12.6. The number of carbonyl (C=O) groups is 2. The van der Waals surface area contributed by atoms with E-state index in [1.165, 1.54) is 141 Å². The van der Waals surface area contributed by atoms with E-state index in [2.05, 4.69) is 13.8 Å². The van der Waals surface area contributed by atoms with Crippen molar-refractivity contribution in [2.24, 2.45) is 5.41 Å². The summed E-state index contributed by atoms with van der Waals surface area (Å²) in [5.41, 5.74) is -0.328. The summed E-state index contributed by atoms with van der Waals surface area (Å²) in [4.78, 5) is 28.5. The lowest BCUT2D eigenvalue weighted by atomic mass is 9.80. The lowest BCUT2D eigenvalue weighted by molar-refractivity contribution is -0.131. The van der Waals surface area contributed by atoms with Crippen LogP contribution >= 0.6 is 0 Å². The predicted molar refractivity (Wildman–Crippen MR) is 202 cm³/mol. The summed E-state index contributed by atoms with van der Waals surface area (Å²) in [5, 5.41) is 0. The summed E-state index contributed by atoms with van der Waals surface area (Å²) in [6, 6.07) is 0. The Morgan fingerprint density at radius 1 is 0.426 bits per heavy atom. The third-order valence-corrected chi connectivity index (χ3v) is 9.84. The second kappa shape index (κ2) is 33.4. The largest absolute Gasteiger partial charge is 0.381 e. The molecule has 0 spiro atoms. The highest BCUT2D eigenvalue weighted by atomic mass is 16.5. The van der Waals surface area contributed by atoms with E-state index in [0.717, 1.165) is 26.1 Å². The van der Waals surface area contributed by atoms with Crippen LogP contribution < -0.4 is 0 Å². The Morgan fingerprint density at radius 3 is 0.936 bits per heavy atom. The first-order chi connectivity index (χ1) is 22.8. The molecule has 0 aromatic rings. The van der Waals surface area contributed by atoms with E-state index in [9.17, 15) is 9.59 Å². The highest BCUT2D eigenvalue weighted by Crippen LogP contribution is 2.32. The molecular formula is C41H82N2O4. The van der Waals surface area contributed by atoms with Crippen LogP contribution in [0.5, 0.6) is 0 Å². The van der Waals surface area contributed by atoms with Crippen LogP contribution in [-0.4, -0.2) is 76.2 Å². The highest BCUT2D eigenvalue weighted by molar-refractivity contribution is 5.76. The van der Waals surface area contributed by atoms with E-state index in [1.807, 2.05) is 28.2 Å². The number of nitrogens with zero attached hydrogens (tertiary/aromatic N) is 2. The van der Waals surface area contributed by atoms with Gasteiger partial charge in [0, 0.05) is 59.7 Å². The molecular weight excluding hydrogens is 584 g/mol. The molecule has 0 saturated carbocycles. The summed E-state index contributed by atoms with van der Waals surface area (Å²) in [6.07, 6.45) is 34.1. The standard InChI is InChI=1S/C41H82N2O4/c1-7-9-11-13-15-17-19-21-23-25-27-29-35-46-37-41(33-31-39(44)42(3)4,34-32-40(45)43(5)6)38-47-36-30-28-26-24-22-20-18-16-14-12-10-8-2/h7-38H2,1-6H3. The number of carbonyl (C=O) groups excluding carboxylic acids is 2. The van der Waals surface area contributed by atoms with Gasteiger partial charge in [0.1, 0.15) is 0 Å². The van der Waals surface area contributed by atoms with Crippen LogP contribution in [0.25, 0.3) is 0 Å². The van der Waals surface area contributed by atoms with E-state index in [-0.39, 0.29) is 17.2 Å². The van der Waals surface area contributed by atoms with Crippen molar-refractivity contribution in [2.75, 3.05) is 54.6 Å². The Labute approximate surface area is 293 Å². The molecule has 6 heteroatoms. The van der Waals surface area contributed by atoms with Crippen LogP contribution in [0.3, 0.4) is 0 Å². The molecule has 0 heterocycles. The van der Waals surface area contributed by atoms with Gasteiger partial charge in [0.2, 0.25) is 11.8 Å². The summed E-state index contributed by atoms with van der Waals surface area (Å²) >= 11 is 0. The summed E-state index contributed by atoms with van der Waals surface area (Å²) in [7, 11) is 7.25. The Hall–Kier alpha value is -1.14. The van der Waals surface area contributed by atoms with Crippen molar-refractivity contribution in [3.8, 4) is 0 Å². The maximum atomic E-state index is 12.6. The van der Waals surface area contributed by atoms with Gasteiger partial charge in [-0.2, -0.15) is 0 Å². The number of ether oxygens (including phenoxy) is 2. The Balaban J connectivity index is 4.61. The molecule has 0 aromatic carbocycles. The normalized spacial score (nSPS) is 11.7. The zero-order valence-electron chi connectivity index (χ0n) is 32.7. The molecule has 0 aliphatic carbocycles. The third-order valence-electron chi connectivity index (χ3n) is 9.84. The smallest absolute Gasteiger partial charge is 0.222 e. The maximum absolute atomic E-state index is 12.6. The van der Waals surface area contributed by atoms with E-state index in [1.54, 1.807) is 9.80 Å². The van der Waals surface area contributed by atoms with Gasteiger partial charge in [-0.1, -0.05) is 155 Å². The second-order valence-corrected chi connectivity index (χ2v) is 15.0. The Bertz CT molecular complexity index is 639. The SMILES string of the molecule is CCCCCCCCCCCCCCOCC(CCC(=O)N(C)C)(CCC(=O)N(C)C)COCCCCCCCCCCCCCC. The molecule has 0 atom stereocenters. The zero-order valence-corrected chi connectivity index (χ0v) is 32.7. The average molecular weight is 667 g/mol. The van der Waals surface area contributed by atoms with Gasteiger partial charge in [-0.3, -0.25) is 9.59 Å². The number of unbranched alkanes of at least 4 members (excludes halogenated alkanes) is 22. The van der Waals surface area contributed by atoms with Crippen LogP contribution in [0.2, 0.25) is 0 Å². The quantitative estimate of drug-likeness (QED) is 0.0624. The van der Waals surface area contributed by atoms with Gasteiger partial charge in [0.25, 0.3) is 0 Å². The van der Waals surface area contributed by atoms with Crippen LogP contribution in [0.4, 0.5) is 0 Å². The van der Waals surface area contributed by atoms with Crippen molar-refractivity contribution >= 4 is 11.8 Å². The molecule has 0 bridgehead atoms. The van der Waals surface area contributed by atoms with Crippen molar-refractivity contribution in [3.05, 3.63) is 0 Å². The fourth-order valence-corrected chi connectivity index (χ4v) is 6.31. The van der Waals surface area contributed by atoms with Gasteiger partial charge in [-0.15, -0.1) is 0 Å². The van der Waals surface area contributed by atoms with Crippen LogP contribution in [0.1, 0.15) is 194 Å². The Kier molecular flexibility index (Phi) is 32.6. The van der Waals surface area contributed by atoms with Crippen LogP contribution in [-0.2, 0) is 19.1 Å². The zero-order chi connectivity index (χ0) is 34.9.